The van der Waals surface area contributed by atoms with Crippen LogP contribution in [0, 0.1) is 11.8 Å². The van der Waals surface area contributed by atoms with Crippen LogP contribution < -0.4 is 17.0 Å². The van der Waals surface area contributed by atoms with Crippen LogP contribution in [0.3, 0.4) is 0 Å². The number of ketones is 1. The van der Waals surface area contributed by atoms with Gasteiger partial charge in [0.05, 0.1) is 27.2 Å². The Hall–Kier alpha value is -0.710. The zero-order chi connectivity index (χ0) is 16.5. The molecule has 1 heterocycles. The van der Waals surface area contributed by atoms with Crippen molar-refractivity contribution in [3.63, 3.8) is 0 Å². The maximum atomic E-state index is 13.2. The van der Waals surface area contributed by atoms with Gasteiger partial charge in [0, 0.05) is 18.8 Å². The molecule has 0 aromatic heterocycles. The van der Waals surface area contributed by atoms with Crippen LogP contribution in [0.15, 0.2) is 30.3 Å². The summed E-state index contributed by atoms with van der Waals surface area (Å²) in [4.78, 5) is 13.2. The highest BCUT2D eigenvalue weighted by Crippen LogP contribution is 2.42. The van der Waals surface area contributed by atoms with Crippen molar-refractivity contribution in [3.05, 3.63) is 35.9 Å². The quantitative estimate of drug-likeness (QED) is 0.719. The molecule has 0 bridgehead atoms. The van der Waals surface area contributed by atoms with Crippen molar-refractivity contribution in [2.45, 2.75) is 44.1 Å². The lowest BCUT2D eigenvalue weighted by Crippen LogP contribution is -3.00. The Labute approximate surface area is 156 Å². The Kier molecular flexibility index (Phi) is 6.27. The molecule has 3 nitrogen and oxygen atoms in total. The normalized spacial score (nSPS) is 25.9. The summed E-state index contributed by atoms with van der Waals surface area (Å²) in [5.74, 6) is 0.540. The number of rotatable bonds is 5. The standard InChI is InChI=1S/C20H30NO2.BrH/c1-21(2)13-12-16(15-21)14-19(22)20(23,18-10-6-7-11-18)17-8-4-3-5-9-17;/h3-5,8-9,16,18,23H,6-7,10-15H2,1-2H3;1H/q+1;/p-1/t16-,20-;/m1./s1. The van der Waals surface area contributed by atoms with E-state index in [1.54, 1.807) is 0 Å². The van der Waals surface area contributed by atoms with E-state index in [0.29, 0.717) is 12.3 Å². The molecule has 2 aliphatic rings. The Balaban J connectivity index is 0.00000208. The van der Waals surface area contributed by atoms with Crippen LogP contribution in [-0.2, 0) is 10.4 Å². The molecule has 0 spiro atoms. The van der Waals surface area contributed by atoms with E-state index in [4.69, 9.17) is 0 Å². The van der Waals surface area contributed by atoms with Crippen molar-refractivity contribution in [3.8, 4) is 0 Å². The molecule has 134 valence electrons. The van der Waals surface area contributed by atoms with Gasteiger partial charge in [-0.2, -0.15) is 0 Å². The largest absolute Gasteiger partial charge is 1.00 e. The molecule has 0 radical (unpaired) electrons. The van der Waals surface area contributed by atoms with E-state index in [-0.39, 0.29) is 28.7 Å². The summed E-state index contributed by atoms with van der Waals surface area (Å²) in [6, 6.07) is 9.64. The van der Waals surface area contributed by atoms with E-state index in [0.717, 1.165) is 55.2 Å². The summed E-state index contributed by atoms with van der Waals surface area (Å²) < 4.78 is 0.991. The van der Waals surface area contributed by atoms with Crippen molar-refractivity contribution >= 4 is 5.78 Å². The van der Waals surface area contributed by atoms with Crippen LogP contribution in [0.5, 0.6) is 0 Å². The van der Waals surface area contributed by atoms with E-state index >= 15 is 0 Å². The molecule has 1 saturated carbocycles. The van der Waals surface area contributed by atoms with Crippen molar-refractivity contribution in [2.75, 3.05) is 27.2 Å². The molecule has 1 aliphatic carbocycles. The van der Waals surface area contributed by atoms with E-state index < -0.39 is 5.60 Å². The molecule has 0 unspecified atom stereocenters. The number of Topliss-reactive ketones (excluding diaryl/α,β-unsaturated/α-hetero) is 1. The van der Waals surface area contributed by atoms with Gasteiger partial charge in [0.2, 0.25) is 0 Å². The van der Waals surface area contributed by atoms with Crippen LogP contribution in [-0.4, -0.2) is 42.6 Å². The van der Waals surface area contributed by atoms with Crippen LogP contribution in [0.25, 0.3) is 0 Å². The molecule has 0 amide bonds. The maximum absolute atomic E-state index is 13.2. The fourth-order valence-electron chi connectivity index (χ4n) is 4.66. The monoisotopic (exact) mass is 395 g/mol. The molecule has 3 rings (SSSR count). The van der Waals surface area contributed by atoms with E-state index in [2.05, 4.69) is 14.1 Å². The maximum Gasteiger partial charge on any atom is 0.169 e. The van der Waals surface area contributed by atoms with Crippen molar-refractivity contribution < 1.29 is 31.4 Å². The third kappa shape index (κ3) is 3.92. The van der Waals surface area contributed by atoms with E-state index in [1.165, 1.54) is 0 Å². The fourth-order valence-corrected chi connectivity index (χ4v) is 4.66. The molecular formula is C20H30BrNO2. The number of likely N-dealkylation sites (tertiary alicyclic amines) is 1. The third-order valence-electron chi connectivity index (χ3n) is 5.95. The minimum absolute atomic E-state index is 0. The highest BCUT2D eigenvalue weighted by Gasteiger charge is 2.47. The number of aliphatic hydroxyl groups is 1. The summed E-state index contributed by atoms with van der Waals surface area (Å²) in [5.41, 5.74) is -0.485. The number of hydrogen-bond acceptors (Lipinski definition) is 2. The van der Waals surface area contributed by atoms with Gasteiger partial charge in [0.15, 0.2) is 11.4 Å². The number of carbonyl (C=O) groups is 1. The lowest BCUT2D eigenvalue weighted by atomic mass is 9.75. The number of nitrogens with zero attached hydrogens (tertiary/aromatic N) is 1. The molecule has 1 N–H and O–H groups in total. The summed E-state index contributed by atoms with van der Waals surface area (Å²) in [6.45, 7) is 2.17. The predicted molar refractivity (Wildman–Crippen MR) is 91.9 cm³/mol. The average Bonchev–Trinajstić information content (AvgIpc) is 3.17. The first kappa shape index (κ1) is 19.6. The highest BCUT2D eigenvalue weighted by molar-refractivity contribution is 5.89. The van der Waals surface area contributed by atoms with Gasteiger partial charge in [-0.05, 0) is 24.3 Å². The smallest absolute Gasteiger partial charge is 0.169 e. The summed E-state index contributed by atoms with van der Waals surface area (Å²) in [6.07, 6.45) is 5.78. The Bertz CT molecular complexity index is 554. The van der Waals surface area contributed by atoms with Crippen molar-refractivity contribution in [1.82, 2.24) is 0 Å². The molecule has 1 aromatic rings. The third-order valence-corrected chi connectivity index (χ3v) is 5.95. The zero-order valence-corrected chi connectivity index (χ0v) is 16.5. The van der Waals surface area contributed by atoms with Gasteiger partial charge in [0.1, 0.15) is 0 Å². The van der Waals surface area contributed by atoms with Crippen LogP contribution in [0.1, 0.15) is 44.1 Å². The number of benzene rings is 1. The van der Waals surface area contributed by atoms with E-state index in [9.17, 15) is 9.90 Å². The SMILES string of the molecule is C[N+]1(C)CC[C@H](CC(=O)[C@@](O)(c2ccccc2)C2CCCC2)C1.[Br-]. The first-order valence-corrected chi connectivity index (χ1v) is 9.05. The predicted octanol–water partition coefficient (Wildman–Crippen LogP) is 0.124. The van der Waals surface area contributed by atoms with E-state index in [1.807, 2.05) is 30.3 Å². The lowest BCUT2D eigenvalue weighted by molar-refractivity contribution is -0.879. The van der Waals surface area contributed by atoms with Gasteiger partial charge in [-0.3, -0.25) is 4.79 Å². The molecule has 2 fully saturated rings. The lowest BCUT2D eigenvalue weighted by Gasteiger charge is -2.34. The second-order valence-electron chi connectivity index (χ2n) is 8.24. The first-order valence-electron chi connectivity index (χ1n) is 9.05. The molecule has 4 heteroatoms. The molecule has 2 atom stereocenters. The van der Waals surface area contributed by atoms with Gasteiger partial charge in [-0.15, -0.1) is 0 Å². The van der Waals surface area contributed by atoms with Crippen LogP contribution in [0.2, 0.25) is 0 Å². The molecular weight excluding hydrogens is 366 g/mol. The number of halogens is 1. The Morgan fingerprint density at radius 1 is 1.17 bits per heavy atom. The molecule has 1 aromatic carbocycles. The zero-order valence-electron chi connectivity index (χ0n) is 14.9. The molecule has 24 heavy (non-hydrogen) atoms. The summed E-state index contributed by atoms with van der Waals surface area (Å²) >= 11 is 0. The van der Waals surface area contributed by atoms with Crippen LogP contribution >= 0.6 is 0 Å². The molecule has 1 saturated heterocycles. The number of carbonyl (C=O) groups excluding carboxylic acids is 1. The Morgan fingerprint density at radius 2 is 1.79 bits per heavy atom. The van der Waals surface area contributed by atoms with Crippen LogP contribution in [0.4, 0.5) is 0 Å². The van der Waals surface area contributed by atoms with Gasteiger partial charge in [0.25, 0.3) is 0 Å². The van der Waals surface area contributed by atoms with Gasteiger partial charge >= 0.3 is 0 Å². The first-order chi connectivity index (χ1) is 10.9. The number of quaternary nitrogens is 1. The fraction of sp³-hybridized carbons (Fsp3) is 0.650. The minimum Gasteiger partial charge on any atom is -1.00 e. The van der Waals surface area contributed by atoms with Gasteiger partial charge in [-0.25, -0.2) is 0 Å². The molecule has 1 aliphatic heterocycles. The van der Waals surface area contributed by atoms with Gasteiger partial charge in [-0.1, -0.05) is 43.2 Å². The average molecular weight is 396 g/mol. The minimum atomic E-state index is -1.28. The second-order valence-corrected chi connectivity index (χ2v) is 8.24. The number of hydrogen-bond donors (Lipinski definition) is 1. The summed E-state index contributed by atoms with van der Waals surface area (Å²) in [7, 11) is 4.45. The topological polar surface area (TPSA) is 37.3 Å². The summed E-state index contributed by atoms with van der Waals surface area (Å²) in [5, 5.41) is 11.5. The van der Waals surface area contributed by atoms with Crippen molar-refractivity contribution in [1.29, 1.82) is 0 Å². The van der Waals surface area contributed by atoms with Crippen molar-refractivity contribution in [2.24, 2.45) is 11.8 Å². The van der Waals surface area contributed by atoms with Gasteiger partial charge < -0.3 is 26.6 Å². The Morgan fingerprint density at radius 3 is 2.33 bits per heavy atom. The second kappa shape index (κ2) is 7.67. The highest BCUT2D eigenvalue weighted by atomic mass is 79.9.